The maximum atomic E-state index is 12.5. The lowest BCUT2D eigenvalue weighted by molar-refractivity contribution is -0.137. The average molecular weight is 350 g/mol. The van der Waals surface area contributed by atoms with Gasteiger partial charge < -0.3 is 5.32 Å². The predicted molar refractivity (Wildman–Crippen MR) is 76.9 cm³/mol. The molecular weight excluding hydrogens is 339 g/mol. The number of thiazole rings is 1. The number of carbonyl (C=O) groups excluding carboxylic acids is 1. The minimum absolute atomic E-state index is 0.169. The van der Waals surface area contributed by atoms with Crippen LogP contribution in [0.15, 0.2) is 18.5 Å². The Morgan fingerprint density at radius 2 is 2.09 bits per heavy atom. The second-order valence-electron chi connectivity index (χ2n) is 4.31. The highest BCUT2D eigenvalue weighted by Crippen LogP contribution is 2.31. The van der Waals surface area contributed by atoms with Crippen LogP contribution >= 0.6 is 22.9 Å². The van der Waals surface area contributed by atoms with Gasteiger partial charge in [-0.25, -0.2) is 9.97 Å². The van der Waals surface area contributed by atoms with Crippen LogP contribution < -0.4 is 5.32 Å². The van der Waals surface area contributed by atoms with Gasteiger partial charge in [0.05, 0.1) is 17.1 Å². The van der Waals surface area contributed by atoms with Gasteiger partial charge in [0.1, 0.15) is 10.7 Å². The maximum absolute atomic E-state index is 12.5. The zero-order valence-electron chi connectivity index (χ0n) is 11.4. The van der Waals surface area contributed by atoms with Crippen molar-refractivity contribution in [2.24, 2.45) is 0 Å². The molecule has 0 saturated carbocycles. The molecule has 2 aromatic heterocycles. The Kier molecular flexibility index (Phi) is 5.02. The van der Waals surface area contributed by atoms with E-state index in [1.54, 1.807) is 6.20 Å². The molecule has 1 amide bonds. The molecule has 0 unspecified atom stereocenters. The molecular formula is C13H11ClF3N3OS. The lowest BCUT2D eigenvalue weighted by Gasteiger charge is -2.09. The number of aryl methyl sites for hydroxylation is 1. The summed E-state index contributed by atoms with van der Waals surface area (Å²) in [5.41, 5.74) is -1.25. The first kappa shape index (κ1) is 16.7. The molecule has 1 N–H and O–H groups in total. The summed E-state index contributed by atoms with van der Waals surface area (Å²) in [6.45, 7) is 2.16. The summed E-state index contributed by atoms with van der Waals surface area (Å²) < 4.78 is 37.5. The molecule has 2 heterocycles. The molecule has 0 fully saturated rings. The zero-order chi connectivity index (χ0) is 16.3. The zero-order valence-corrected chi connectivity index (χ0v) is 12.9. The Morgan fingerprint density at radius 1 is 1.36 bits per heavy atom. The molecule has 0 spiro atoms. The van der Waals surface area contributed by atoms with Crippen molar-refractivity contribution < 1.29 is 18.0 Å². The summed E-state index contributed by atoms with van der Waals surface area (Å²) in [6, 6.07) is 0.683. The largest absolute Gasteiger partial charge is 0.417 e. The van der Waals surface area contributed by atoms with Crippen LogP contribution in [-0.4, -0.2) is 15.9 Å². The smallest absolute Gasteiger partial charge is 0.344 e. The highest BCUT2D eigenvalue weighted by molar-refractivity contribution is 7.11. The van der Waals surface area contributed by atoms with Crippen molar-refractivity contribution >= 4 is 28.8 Å². The molecule has 0 aromatic carbocycles. The number of alkyl halides is 3. The molecule has 9 heteroatoms. The molecule has 0 aliphatic rings. The van der Waals surface area contributed by atoms with Gasteiger partial charge >= 0.3 is 6.18 Å². The standard InChI is InChI=1S/C13H11ClF3N3OS/c1-2-8-5-18-10(22-8)6-20-12(21)11-9(14)3-7(4-19-11)13(15,16)17/h3-5H,2,6H2,1H3,(H,20,21). The lowest BCUT2D eigenvalue weighted by Crippen LogP contribution is -2.24. The van der Waals surface area contributed by atoms with Gasteiger partial charge in [-0.05, 0) is 12.5 Å². The Labute approximate surface area is 133 Å². The minimum atomic E-state index is -4.55. The molecule has 2 rings (SSSR count). The molecule has 2 aromatic rings. The molecule has 0 saturated heterocycles. The highest BCUT2D eigenvalue weighted by atomic mass is 35.5. The highest BCUT2D eigenvalue weighted by Gasteiger charge is 2.32. The number of nitrogens with one attached hydrogen (secondary N) is 1. The van der Waals surface area contributed by atoms with E-state index in [0.29, 0.717) is 17.3 Å². The summed E-state index contributed by atoms with van der Waals surface area (Å²) in [4.78, 5) is 20.6. The molecule has 0 bridgehead atoms. The van der Waals surface area contributed by atoms with Gasteiger partial charge in [-0.3, -0.25) is 4.79 Å². The fraction of sp³-hybridized carbons (Fsp3) is 0.308. The van der Waals surface area contributed by atoms with Gasteiger partial charge in [-0.2, -0.15) is 13.2 Å². The summed E-state index contributed by atoms with van der Waals surface area (Å²) in [7, 11) is 0. The fourth-order valence-electron chi connectivity index (χ4n) is 1.59. The molecule has 0 atom stereocenters. The number of halogens is 4. The normalized spacial score (nSPS) is 11.5. The first-order valence-corrected chi connectivity index (χ1v) is 7.45. The van der Waals surface area contributed by atoms with Crippen LogP contribution in [0.3, 0.4) is 0 Å². The molecule has 0 aliphatic heterocycles. The molecule has 4 nitrogen and oxygen atoms in total. The van der Waals surface area contributed by atoms with Gasteiger partial charge in [0.2, 0.25) is 0 Å². The van der Waals surface area contributed by atoms with E-state index in [-0.39, 0.29) is 17.3 Å². The van der Waals surface area contributed by atoms with Crippen molar-refractivity contribution in [2.45, 2.75) is 26.1 Å². The van der Waals surface area contributed by atoms with E-state index in [1.807, 2.05) is 6.92 Å². The Balaban J connectivity index is 2.06. The summed E-state index contributed by atoms with van der Waals surface area (Å²) >= 11 is 7.15. The number of carbonyl (C=O) groups is 1. The van der Waals surface area contributed by atoms with Gasteiger partial charge in [0.25, 0.3) is 5.91 Å². The van der Waals surface area contributed by atoms with E-state index in [4.69, 9.17) is 11.6 Å². The van der Waals surface area contributed by atoms with Gasteiger partial charge in [-0.1, -0.05) is 18.5 Å². The van der Waals surface area contributed by atoms with Crippen LogP contribution in [0.1, 0.15) is 32.9 Å². The van der Waals surface area contributed by atoms with Crippen molar-refractivity contribution in [1.82, 2.24) is 15.3 Å². The number of amides is 1. The summed E-state index contributed by atoms with van der Waals surface area (Å²) in [5.74, 6) is -0.646. The third-order valence-corrected chi connectivity index (χ3v) is 4.16. The van der Waals surface area contributed by atoms with Gasteiger partial charge in [0.15, 0.2) is 0 Å². The monoisotopic (exact) mass is 349 g/mol. The van der Waals surface area contributed by atoms with Crippen molar-refractivity contribution in [1.29, 1.82) is 0 Å². The SMILES string of the molecule is CCc1cnc(CNC(=O)c2ncc(C(F)(F)F)cc2Cl)s1. The topological polar surface area (TPSA) is 54.9 Å². The summed E-state index contributed by atoms with van der Waals surface area (Å²) in [5, 5.41) is 2.89. The third kappa shape index (κ3) is 3.95. The maximum Gasteiger partial charge on any atom is 0.417 e. The van der Waals surface area contributed by atoms with Gasteiger partial charge in [-0.15, -0.1) is 11.3 Å². The van der Waals surface area contributed by atoms with Crippen LogP contribution in [0.25, 0.3) is 0 Å². The first-order chi connectivity index (χ1) is 10.3. The van der Waals surface area contributed by atoms with Crippen LogP contribution in [-0.2, 0) is 19.1 Å². The third-order valence-electron chi connectivity index (χ3n) is 2.73. The van der Waals surface area contributed by atoms with Crippen molar-refractivity contribution in [3.8, 4) is 0 Å². The van der Waals surface area contributed by atoms with Crippen molar-refractivity contribution in [2.75, 3.05) is 0 Å². The number of hydrogen-bond donors (Lipinski definition) is 1. The van der Waals surface area contributed by atoms with E-state index in [0.717, 1.165) is 11.3 Å². The van der Waals surface area contributed by atoms with Crippen molar-refractivity contribution in [3.63, 3.8) is 0 Å². The number of hydrogen-bond acceptors (Lipinski definition) is 4. The summed E-state index contributed by atoms with van der Waals surface area (Å²) in [6.07, 6.45) is -1.41. The Hall–Kier alpha value is -1.67. The molecule has 0 radical (unpaired) electrons. The number of nitrogens with zero attached hydrogens (tertiary/aromatic N) is 2. The average Bonchev–Trinajstić information content (AvgIpc) is 2.91. The second-order valence-corrected chi connectivity index (χ2v) is 5.92. The quantitative estimate of drug-likeness (QED) is 0.915. The first-order valence-electron chi connectivity index (χ1n) is 6.25. The van der Waals surface area contributed by atoms with Crippen LogP contribution in [0.2, 0.25) is 5.02 Å². The lowest BCUT2D eigenvalue weighted by atomic mass is 10.2. The number of aromatic nitrogens is 2. The molecule has 22 heavy (non-hydrogen) atoms. The van der Waals surface area contributed by atoms with Crippen molar-refractivity contribution in [3.05, 3.63) is 44.6 Å². The molecule has 118 valence electrons. The van der Waals surface area contributed by atoms with Crippen LogP contribution in [0.4, 0.5) is 13.2 Å². The molecule has 0 aliphatic carbocycles. The van der Waals surface area contributed by atoms with E-state index in [2.05, 4.69) is 15.3 Å². The number of pyridine rings is 1. The van der Waals surface area contributed by atoms with Crippen LogP contribution in [0, 0.1) is 0 Å². The Bertz CT molecular complexity index is 687. The van der Waals surface area contributed by atoms with E-state index < -0.39 is 17.6 Å². The number of rotatable bonds is 4. The second kappa shape index (κ2) is 6.62. The fourth-order valence-corrected chi connectivity index (χ4v) is 2.65. The van der Waals surface area contributed by atoms with E-state index in [1.165, 1.54) is 11.3 Å². The van der Waals surface area contributed by atoms with Gasteiger partial charge in [0, 0.05) is 17.3 Å². The Morgan fingerprint density at radius 3 is 2.64 bits per heavy atom. The van der Waals surface area contributed by atoms with Crippen LogP contribution in [0.5, 0.6) is 0 Å². The van der Waals surface area contributed by atoms with E-state index >= 15 is 0 Å². The predicted octanol–water partition coefficient (Wildman–Crippen LogP) is 3.70. The van der Waals surface area contributed by atoms with E-state index in [9.17, 15) is 18.0 Å². The minimum Gasteiger partial charge on any atom is -0.344 e.